The molecule has 116 valence electrons. The molecule has 20 heavy (non-hydrogen) atoms. The lowest BCUT2D eigenvalue weighted by Gasteiger charge is -2.45. The summed E-state index contributed by atoms with van der Waals surface area (Å²) in [5.74, 6) is 0.518. The Balaban J connectivity index is 2.00. The highest BCUT2D eigenvalue weighted by atomic mass is 16.2. The molecule has 2 heteroatoms. The van der Waals surface area contributed by atoms with E-state index in [1.54, 1.807) is 0 Å². The number of piperidine rings is 1. The van der Waals surface area contributed by atoms with Gasteiger partial charge in [-0.15, -0.1) is 0 Å². The van der Waals surface area contributed by atoms with Crippen molar-refractivity contribution in [3.8, 4) is 0 Å². The van der Waals surface area contributed by atoms with Crippen LogP contribution in [0.2, 0.25) is 0 Å². The molecule has 1 amide bonds. The molecule has 0 aromatic rings. The molecular formula is C18H33NO. The Hall–Kier alpha value is -0.530. The molecular weight excluding hydrogens is 246 g/mol. The topological polar surface area (TPSA) is 29.1 Å². The van der Waals surface area contributed by atoms with Crippen LogP contribution in [-0.2, 0) is 4.79 Å². The van der Waals surface area contributed by atoms with E-state index < -0.39 is 0 Å². The van der Waals surface area contributed by atoms with Crippen LogP contribution in [0.4, 0.5) is 0 Å². The first-order valence-corrected chi connectivity index (χ1v) is 8.75. The summed E-state index contributed by atoms with van der Waals surface area (Å²) >= 11 is 0. The van der Waals surface area contributed by atoms with E-state index in [9.17, 15) is 4.79 Å². The lowest BCUT2D eigenvalue weighted by molar-refractivity contribution is -0.134. The third-order valence-electron chi connectivity index (χ3n) is 5.47. The Morgan fingerprint density at radius 1 is 0.900 bits per heavy atom. The Kier molecular flexibility index (Phi) is 5.14. The maximum absolute atomic E-state index is 12.6. The van der Waals surface area contributed by atoms with Crippen LogP contribution in [-0.4, -0.2) is 11.4 Å². The highest BCUT2D eigenvalue weighted by molar-refractivity contribution is 5.81. The number of rotatable bonds is 0. The molecule has 1 aliphatic heterocycles. The van der Waals surface area contributed by atoms with Crippen molar-refractivity contribution in [3.63, 3.8) is 0 Å². The van der Waals surface area contributed by atoms with Gasteiger partial charge in [-0.05, 0) is 31.1 Å². The molecule has 1 saturated carbocycles. The van der Waals surface area contributed by atoms with Crippen molar-refractivity contribution < 1.29 is 4.79 Å². The van der Waals surface area contributed by atoms with Crippen molar-refractivity contribution in [2.24, 2.45) is 11.3 Å². The molecule has 1 aliphatic carbocycles. The number of nitrogens with one attached hydrogen (secondary N) is 1. The van der Waals surface area contributed by atoms with Crippen LogP contribution in [0.15, 0.2) is 0 Å². The molecule has 2 nitrogen and oxygen atoms in total. The van der Waals surface area contributed by atoms with Crippen molar-refractivity contribution in [1.82, 2.24) is 5.32 Å². The first-order chi connectivity index (χ1) is 9.43. The van der Waals surface area contributed by atoms with Crippen molar-refractivity contribution >= 4 is 5.91 Å². The van der Waals surface area contributed by atoms with E-state index in [1.807, 2.05) is 0 Å². The van der Waals surface area contributed by atoms with Gasteiger partial charge in [0.1, 0.15) is 0 Å². The van der Waals surface area contributed by atoms with E-state index in [2.05, 4.69) is 26.1 Å². The number of hydrogen-bond donors (Lipinski definition) is 1. The van der Waals surface area contributed by atoms with E-state index in [4.69, 9.17) is 0 Å². The molecule has 1 atom stereocenters. The molecule has 2 aliphatic rings. The predicted octanol–water partition coefficient (Wildman–Crippen LogP) is 4.82. The molecule has 1 spiro atoms. The number of hydrogen-bond acceptors (Lipinski definition) is 1. The molecule has 2 rings (SSSR count). The maximum Gasteiger partial charge on any atom is 0.224 e. The van der Waals surface area contributed by atoms with E-state index in [0.29, 0.717) is 5.91 Å². The molecule has 0 radical (unpaired) electrons. The zero-order valence-electron chi connectivity index (χ0n) is 13.8. The highest BCUT2D eigenvalue weighted by Gasteiger charge is 2.42. The average molecular weight is 279 g/mol. The fourth-order valence-electron chi connectivity index (χ4n) is 4.10. The predicted molar refractivity (Wildman–Crippen MR) is 84.6 cm³/mol. The van der Waals surface area contributed by atoms with Gasteiger partial charge in [-0.3, -0.25) is 4.79 Å². The molecule has 0 aromatic heterocycles. The van der Waals surface area contributed by atoms with Crippen molar-refractivity contribution in [2.75, 3.05) is 0 Å². The molecule has 1 unspecified atom stereocenters. The van der Waals surface area contributed by atoms with Gasteiger partial charge in [0.2, 0.25) is 5.91 Å². The van der Waals surface area contributed by atoms with Gasteiger partial charge in [0.05, 0.1) is 0 Å². The van der Waals surface area contributed by atoms with E-state index >= 15 is 0 Å². The lowest BCUT2D eigenvalue weighted by atomic mass is 9.69. The minimum absolute atomic E-state index is 0.0989. The first-order valence-electron chi connectivity index (χ1n) is 8.75. The quantitative estimate of drug-likeness (QED) is 0.676. The second-order valence-electron chi connectivity index (χ2n) is 8.20. The van der Waals surface area contributed by atoms with E-state index in [1.165, 1.54) is 64.2 Å². The summed E-state index contributed by atoms with van der Waals surface area (Å²) in [6.07, 6.45) is 14.1. The molecule has 1 N–H and O–H groups in total. The van der Waals surface area contributed by atoms with Crippen LogP contribution in [0.25, 0.3) is 0 Å². The maximum atomic E-state index is 12.6. The van der Waals surface area contributed by atoms with Gasteiger partial charge in [-0.1, -0.05) is 65.7 Å². The summed E-state index contributed by atoms with van der Waals surface area (Å²) in [5.41, 5.74) is 0.234. The summed E-state index contributed by atoms with van der Waals surface area (Å²) in [7, 11) is 0. The van der Waals surface area contributed by atoms with Gasteiger partial charge in [0.25, 0.3) is 0 Å². The van der Waals surface area contributed by atoms with Gasteiger partial charge in [0.15, 0.2) is 0 Å². The van der Waals surface area contributed by atoms with Crippen LogP contribution >= 0.6 is 0 Å². The van der Waals surface area contributed by atoms with Crippen LogP contribution in [0, 0.1) is 11.3 Å². The van der Waals surface area contributed by atoms with Crippen molar-refractivity contribution in [1.29, 1.82) is 0 Å². The largest absolute Gasteiger partial charge is 0.350 e. The Labute approximate surface area is 125 Å². The second-order valence-corrected chi connectivity index (χ2v) is 8.20. The summed E-state index contributed by atoms with van der Waals surface area (Å²) in [4.78, 5) is 12.6. The fraction of sp³-hybridized carbons (Fsp3) is 0.944. The van der Waals surface area contributed by atoms with Crippen molar-refractivity contribution in [2.45, 2.75) is 96.9 Å². The van der Waals surface area contributed by atoms with Gasteiger partial charge in [-0.25, -0.2) is 0 Å². The molecule has 0 aromatic carbocycles. The summed E-state index contributed by atoms with van der Waals surface area (Å²) in [6, 6.07) is 0. The SMILES string of the molecule is CC(C)(C)C1CCC2(CCCCCCCCC2)NC1=O. The summed E-state index contributed by atoms with van der Waals surface area (Å²) < 4.78 is 0. The minimum Gasteiger partial charge on any atom is -0.350 e. The van der Waals surface area contributed by atoms with Crippen LogP contribution < -0.4 is 5.32 Å². The average Bonchev–Trinajstić information content (AvgIpc) is 2.36. The third kappa shape index (κ3) is 3.99. The lowest BCUT2D eigenvalue weighted by Crippen LogP contribution is -2.56. The second kappa shape index (κ2) is 6.49. The van der Waals surface area contributed by atoms with Gasteiger partial charge < -0.3 is 5.32 Å². The normalized spacial score (nSPS) is 28.9. The number of carbonyl (C=O) groups excluding carboxylic acids is 1. The van der Waals surface area contributed by atoms with Crippen LogP contribution in [0.1, 0.15) is 91.4 Å². The van der Waals surface area contributed by atoms with Gasteiger partial charge >= 0.3 is 0 Å². The standard InChI is InChI=1S/C18H33NO/c1-17(2,3)15-11-14-18(19-16(15)20)12-9-7-5-4-6-8-10-13-18/h15H,4-14H2,1-3H3,(H,19,20). The first kappa shape index (κ1) is 15.9. The molecule has 1 heterocycles. The van der Waals surface area contributed by atoms with Crippen molar-refractivity contribution in [3.05, 3.63) is 0 Å². The zero-order valence-corrected chi connectivity index (χ0v) is 13.8. The van der Waals surface area contributed by atoms with Crippen LogP contribution in [0.5, 0.6) is 0 Å². The van der Waals surface area contributed by atoms with Crippen LogP contribution in [0.3, 0.4) is 0 Å². The Morgan fingerprint density at radius 2 is 1.40 bits per heavy atom. The Morgan fingerprint density at radius 3 is 1.85 bits per heavy atom. The Bertz CT molecular complexity index is 319. The minimum atomic E-state index is 0.0989. The molecule has 0 bridgehead atoms. The van der Waals surface area contributed by atoms with Gasteiger partial charge in [-0.2, -0.15) is 0 Å². The number of carbonyl (C=O) groups is 1. The number of amides is 1. The fourth-order valence-corrected chi connectivity index (χ4v) is 4.10. The van der Waals surface area contributed by atoms with E-state index in [0.717, 1.165) is 6.42 Å². The third-order valence-corrected chi connectivity index (χ3v) is 5.47. The molecule has 1 saturated heterocycles. The monoisotopic (exact) mass is 279 g/mol. The highest BCUT2D eigenvalue weighted by Crippen LogP contribution is 2.39. The summed E-state index contributed by atoms with van der Waals surface area (Å²) in [5, 5.41) is 3.47. The van der Waals surface area contributed by atoms with E-state index in [-0.39, 0.29) is 16.9 Å². The molecule has 2 fully saturated rings. The smallest absolute Gasteiger partial charge is 0.224 e. The zero-order chi connectivity index (χ0) is 14.6. The summed E-state index contributed by atoms with van der Waals surface area (Å²) in [6.45, 7) is 6.59. The van der Waals surface area contributed by atoms with Gasteiger partial charge in [0, 0.05) is 11.5 Å².